The van der Waals surface area contributed by atoms with Gasteiger partial charge in [-0.1, -0.05) is 23.7 Å². The first-order chi connectivity index (χ1) is 7.25. The molecule has 1 heterocycles. The standard InChI is InChI=1S/C11H9BrClNO/c12-11-6-5-8(15-11)7-14-10-4-2-1-3-9(10)13/h1-6,14H,7H2. The van der Waals surface area contributed by atoms with Crippen LogP contribution in [0, 0.1) is 0 Å². The maximum Gasteiger partial charge on any atom is 0.169 e. The molecule has 0 amide bonds. The minimum atomic E-state index is 0.620. The van der Waals surface area contributed by atoms with E-state index in [-0.39, 0.29) is 0 Å². The van der Waals surface area contributed by atoms with Gasteiger partial charge < -0.3 is 9.73 Å². The molecule has 2 nitrogen and oxygen atoms in total. The van der Waals surface area contributed by atoms with E-state index in [9.17, 15) is 0 Å². The summed E-state index contributed by atoms with van der Waals surface area (Å²) < 4.78 is 6.09. The predicted molar refractivity (Wildman–Crippen MR) is 65.2 cm³/mol. The Morgan fingerprint density at radius 3 is 2.67 bits per heavy atom. The molecule has 1 aromatic heterocycles. The largest absolute Gasteiger partial charge is 0.452 e. The minimum Gasteiger partial charge on any atom is -0.452 e. The van der Waals surface area contributed by atoms with Crippen LogP contribution in [-0.4, -0.2) is 0 Å². The van der Waals surface area contributed by atoms with Gasteiger partial charge in [0.25, 0.3) is 0 Å². The summed E-state index contributed by atoms with van der Waals surface area (Å²) in [6, 6.07) is 11.4. The molecule has 0 saturated carbocycles. The average Bonchev–Trinajstić information content (AvgIpc) is 2.63. The Hall–Kier alpha value is -0.930. The highest BCUT2D eigenvalue weighted by Gasteiger charge is 2.01. The lowest BCUT2D eigenvalue weighted by molar-refractivity contribution is 0.495. The van der Waals surface area contributed by atoms with Crippen LogP contribution in [0.25, 0.3) is 0 Å². The molecule has 0 aliphatic rings. The highest BCUT2D eigenvalue weighted by Crippen LogP contribution is 2.22. The molecule has 4 heteroatoms. The molecular weight excluding hydrogens is 277 g/mol. The first-order valence-corrected chi connectivity index (χ1v) is 5.65. The van der Waals surface area contributed by atoms with Crippen molar-refractivity contribution in [1.29, 1.82) is 0 Å². The molecule has 0 unspecified atom stereocenters. The fourth-order valence-electron chi connectivity index (χ4n) is 1.23. The average molecular weight is 287 g/mol. The Labute approximate surface area is 101 Å². The van der Waals surface area contributed by atoms with Gasteiger partial charge in [-0.25, -0.2) is 0 Å². The van der Waals surface area contributed by atoms with Gasteiger partial charge in [0.15, 0.2) is 4.67 Å². The molecule has 15 heavy (non-hydrogen) atoms. The summed E-state index contributed by atoms with van der Waals surface area (Å²) in [6.45, 7) is 0.620. The summed E-state index contributed by atoms with van der Waals surface area (Å²) in [4.78, 5) is 0. The van der Waals surface area contributed by atoms with Gasteiger partial charge in [-0.05, 0) is 40.2 Å². The van der Waals surface area contributed by atoms with Gasteiger partial charge in [0.2, 0.25) is 0 Å². The molecule has 1 aromatic carbocycles. The first kappa shape index (κ1) is 10.6. The number of hydrogen-bond donors (Lipinski definition) is 1. The van der Waals surface area contributed by atoms with Crippen molar-refractivity contribution < 1.29 is 4.42 Å². The quantitative estimate of drug-likeness (QED) is 0.909. The van der Waals surface area contributed by atoms with Crippen LogP contribution in [0.4, 0.5) is 5.69 Å². The molecule has 0 spiro atoms. The number of nitrogens with one attached hydrogen (secondary N) is 1. The zero-order chi connectivity index (χ0) is 10.7. The van der Waals surface area contributed by atoms with Crippen molar-refractivity contribution in [2.75, 3.05) is 5.32 Å². The summed E-state index contributed by atoms with van der Waals surface area (Å²) in [5, 5.41) is 3.91. The van der Waals surface area contributed by atoms with Crippen molar-refractivity contribution in [2.45, 2.75) is 6.54 Å². The fraction of sp³-hybridized carbons (Fsp3) is 0.0909. The highest BCUT2D eigenvalue weighted by molar-refractivity contribution is 9.10. The van der Waals surface area contributed by atoms with E-state index in [1.165, 1.54) is 0 Å². The second-order valence-electron chi connectivity index (χ2n) is 3.04. The van der Waals surface area contributed by atoms with Gasteiger partial charge >= 0.3 is 0 Å². The number of rotatable bonds is 3. The van der Waals surface area contributed by atoms with Crippen LogP contribution in [0.15, 0.2) is 45.5 Å². The summed E-state index contributed by atoms with van der Waals surface area (Å²) in [5.74, 6) is 0.863. The number of hydrogen-bond acceptors (Lipinski definition) is 2. The number of benzene rings is 1. The van der Waals surface area contributed by atoms with Gasteiger partial charge in [-0.2, -0.15) is 0 Å². The lowest BCUT2D eigenvalue weighted by Gasteiger charge is -2.05. The van der Waals surface area contributed by atoms with Crippen LogP contribution >= 0.6 is 27.5 Å². The maximum atomic E-state index is 5.99. The van der Waals surface area contributed by atoms with E-state index in [1.54, 1.807) is 0 Å². The number of para-hydroxylation sites is 1. The van der Waals surface area contributed by atoms with Gasteiger partial charge in [0, 0.05) is 0 Å². The number of anilines is 1. The molecule has 78 valence electrons. The van der Waals surface area contributed by atoms with Crippen LogP contribution in [0.2, 0.25) is 5.02 Å². The fourth-order valence-corrected chi connectivity index (χ4v) is 1.78. The highest BCUT2D eigenvalue weighted by atomic mass is 79.9. The topological polar surface area (TPSA) is 25.2 Å². The van der Waals surface area contributed by atoms with Crippen molar-refractivity contribution in [1.82, 2.24) is 0 Å². The summed E-state index contributed by atoms with van der Waals surface area (Å²) in [7, 11) is 0. The molecule has 2 aromatic rings. The van der Waals surface area contributed by atoms with Crippen LogP contribution < -0.4 is 5.32 Å². The Balaban J connectivity index is 2.02. The van der Waals surface area contributed by atoms with E-state index in [4.69, 9.17) is 16.0 Å². The van der Waals surface area contributed by atoms with E-state index in [1.807, 2.05) is 36.4 Å². The van der Waals surface area contributed by atoms with Crippen molar-refractivity contribution >= 4 is 33.2 Å². The summed E-state index contributed by atoms with van der Waals surface area (Å²) in [6.07, 6.45) is 0. The molecule has 0 radical (unpaired) electrons. The summed E-state index contributed by atoms with van der Waals surface area (Å²) in [5.41, 5.74) is 0.909. The SMILES string of the molecule is Clc1ccccc1NCc1ccc(Br)o1. The minimum absolute atomic E-state index is 0.620. The van der Waals surface area contributed by atoms with Gasteiger partial charge in [-0.3, -0.25) is 0 Å². The van der Waals surface area contributed by atoms with Crippen molar-refractivity contribution in [2.24, 2.45) is 0 Å². The molecule has 0 bridgehead atoms. The van der Waals surface area contributed by atoms with E-state index in [0.717, 1.165) is 16.1 Å². The van der Waals surface area contributed by atoms with Crippen molar-refractivity contribution in [3.8, 4) is 0 Å². The Kier molecular flexibility index (Phi) is 3.34. The lowest BCUT2D eigenvalue weighted by Crippen LogP contribution is -1.98. The molecule has 0 fully saturated rings. The van der Waals surface area contributed by atoms with Gasteiger partial charge in [-0.15, -0.1) is 0 Å². The second kappa shape index (κ2) is 4.73. The Morgan fingerprint density at radius 1 is 1.20 bits per heavy atom. The zero-order valence-electron chi connectivity index (χ0n) is 7.84. The molecule has 0 saturated heterocycles. The zero-order valence-corrected chi connectivity index (χ0v) is 10.2. The van der Waals surface area contributed by atoms with Gasteiger partial charge in [0.05, 0.1) is 17.3 Å². The lowest BCUT2D eigenvalue weighted by atomic mass is 10.3. The molecule has 0 atom stereocenters. The normalized spacial score (nSPS) is 10.3. The third-order valence-corrected chi connectivity index (χ3v) is 2.71. The van der Waals surface area contributed by atoms with Crippen LogP contribution in [0.3, 0.4) is 0 Å². The molecule has 2 rings (SSSR count). The predicted octanol–water partition coefficient (Wildman–Crippen LogP) is 4.31. The maximum absolute atomic E-state index is 5.99. The smallest absolute Gasteiger partial charge is 0.169 e. The second-order valence-corrected chi connectivity index (χ2v) is 4.23. The third kappa shape index (κ3) is 2.76. The Bertz CT molecular complexity index is 455. The number of furan rings is 1. The van der Waals surface area contributed by atoms with Crippen LogP contribution in [0.5, 0.6) is 0 Å². The molecule has 0 aliphatic heterocycles. The van der Waals surface area contributed by atoms with Crippen molar-refractivity contribution in [3.05, 3.63) is 51.9 Å². The van der Waals surface area contributed by atoms with E-state index in [0.29, 0.717) is 11.6 Å². The summed E-state index contributed by atoms with van der Waals surface area (Å²) >= 11 is 9.25. The molecular formula is C11H9BrClNO. The first-order valence-electron chi connectivity index (χ1n) is 4.48. The van der Waals surface area contributed by atoms with E-state index < -0.39 is 0 Å². The van der Waals surface area contributed by atoms with E-state index >= 15 is 0 Å². The van der Waals surface area contributed by atoms with E-state index in [2.05, 4.69) is 21.2 Å². The molecule has 1 N–H and O–H groups in total. The van der Waals surface area contributed by atoms with Crippen LogP contribution in [0.1, 0.15) is 5.76 Å². The van der Waals surface area contributed by atoms with Crippen LogP contribution in [-0.2, 0) is 6.54 Å². The number of halogens is 2. The third-order valence-electron chi connectivity index (χ3n) is 1.96. The monoisotopic (exact) mass is 285 g/mol. The molecule has 0 aliphatic carbocycles. The Morgan fingerprint density at radius 2 is 2.00 bits per heavy atom. The van der Waals surface area contributed by atoms with Crippen molar-refractivity contribution in [3.63, 3.8) is 0 Å². The van der Waals surface area contributed by atoms with Gasteiger partial charge in [0.1, 0.15) is 5.76 Å².